The van der Waals surface area contributed by atoms with Gasteiger partial charge in [0.2, 0.25) is 0 Å². The molecule has 1 aromatic rings. The number of halogens is 1. The zero-order valence-electron chi connectivity index (χ0n) is 9.87. The van der Waals surface area contributed by atoms with Crippen LogP contribution in [0.5, 0.6) is 0 Å². The van der Waals surface area contributed by atoms with Gasteiger partial charge in [-0.1, -0.05) is 12.1 Å². The van der Waals surface area contributed by atoms with Gasteiger partial charge in [-0.3, -0.25) is 4.79 Å². The maximum Gasteiger partial charge on any atom is 0.253 e. The third kappa shape index (κ3) is 3.24. The fourth-order valence-corrected chi connectivity index (χ4v) is 1.88. The van der Waals surface area contributed by atoms with E-state index in [1.54, 1.807) is 0 Å². The van der Waals surface area contributed by atoms with Crippen LogP contribution in [-0.4, -0.2) is 29.8 Å². The summed E-state index contributed by atoms with van der Waals surface area (Å²) in [5.74, 6) is 0.685. The van der Waals surface area contributed by atoms with Crippen molar-refractivity contribution in [3.8, 4) is 0 Å². The minimum Gasteiger partial charge on any atom is -0.339 e. The lowest BCUT2D eigenvalue weighted by molar-refractivity contribution is 0.0773. The van der Waals surface area contributed by atoms with Crippen molar-refractivity contribution in [3.05, 3.63) is 35.4 Å². The minimum atomic E-state index is 0.0985. The second-order valence-electron chi connectivity index (χ2n) is 3.62. The number of hydrogen-bond donors (Lipinski definition) is 0. The van der Waals surface area contributed by atoms with Crippen molar-refractivity contribution in [2.75, 3.05) is 19.0 Å². The van der Waals surface area contributed by atoms with Gasteiger partial charge >= 0.3 is 0 Å². The number of benzene rings is 1. The van der Waals surface area contributed by atoms with E-state index in [2.05, 4.69) is 0 Å². The zero-order chi connectivity index (χ0) is 12.0. The second kappa shape index (κ2) is 6.54. The zero-order valence-corrected chi connectivity index (χ0v) is 10.6. The molecule has 0 saturated heterocycles. The van der Waals surface area contributed by atoms with Gasteiger partial charge in [0.15, 0.2) is 0 Å². The van der Waals surface area contributed by atoms with Crippen molar-refractivity contribution in [2.24, 2.45) is 0 Å². The van der Waals surface area contributed by atoms with Gasteiger partial charge in [-0.15, -0.1) is 11.6 Å². The third-order valence-electron chi connectivity index (χ3n) is 2.61. The Labute approximate surface area is 102 Å². The van der Waals surface area contributed by atoms with Crippen LogP contribution in [0.1, 0.15) is 29.8 Å². The van der Waals surface area contributed by atoms with Crippen LogP contribution in [0.15, 0.2) is 24.3 Å². The van der Waals surface area contributed by atoms with Crippen LogP contribution in [0.4, 0.5) is 0 Å². The summed E-state index contributed by atoms with van der Waals surface area (Å²) in [4.78, 5) is 13.9. The van der Waals surface area contributed by atoms with Crippen LogP contribution in [0.25, 0.3) is 0 Å². The van der Waals surface area contributed by atoms with Crippen molar-refractivity contribution in [1.82, 2.24) is 4.90 Å². The molecule has 88 valence electrons. The molecule has 1 rings (SSSR count). The highest BCUT2D eigenvalue weighted by atomic mass is 35.5. The SMILES string of the molecule is CCN(CC)C(=O)c1cccc(CCCl)c1. The van der Waals surface area contributed by atoms with E-state index in [4.69, 9.17) is 11.6 Å². The molecule has 2 nitrogen and oxygen atoms in total. The van der Waals surface area contributed by atoms with E-state index in [9.17, 15) is 4.79 Å². The largest absolute Gasteiger partial charge is 0.339 e. The van der Waals surface area contributed by atoms with Crippen molar-refractivity contribution in [3.63, 3.8) is 0 Å². The molecule has 1 aromatic carbocycles. The van der Waals surface area contributed by atoms with Crippen molar-refractivity contribution < 1.29 is 4.79 Å². The number of amides is 1. The maximum atomic E-state index is 12.1. The fraction of sp³-hybridized carbons (Fsp3) is 0.462. The first-order chi connectivity index (χ1) is 7.72. The lowest BCUT2D eigenvalue weighted by atomic mass is 10.1. The van der Waals surface area contributed by atoms with Crippen molar-refractivity contribution in [1.29, 1.82) is 0 Å². The van der Waals surface area contributed by atoms with Crippen LogP contribution in [0.3, 0.4) is 0 Å². The van der Waals surface area contributed by atoms with E-state index in [-0.39, 0.29) is 5.91 Å². The van der Waals surface area contributed by atoms with Gasteiger partial charge < -0.3 is 4.90 Å². The Bertz CT molecular complexity index is 348. The third-order valence-corrected chi connectivity index (χ3v) is 2.80. The number of aryl methyl sites for hydroxylation is 1. The standard InChI is InChI=1S/C13H18ClNO/c1-3-15(4-2)13(16)12-7-5-6-11(10-12)8-9-14/h5-7,10H,3-4,8-9H2,1-2H3. The molecule has 0 N–H and O–H groups in total. The molecule has 16 heavy (non-hydrogen) atoms. The molecule has 0 unspecified atom stereocenters. The number of alkyl halides is 1. The Morgan fingerprint density at radius 1 is 1.31 bits per heavy atom. The molecule has 1 amide bonds. The average molecular weight is 240 g/mol. The Balaban J connectivity index is 2.86. The second-order valence-corrected chi connectivity index (χ2v) is 3.99. The van der Waals surface area contributed by atoms with Gasteiger partial charge in [0.05, 0.1) is 0 Å². The van der Waals surface area contributed by atoms with Crippen LogP contribution in [-0.2, 0) is 6.42 Å². The normalized spacial score (nSPS) is 10.2. The van der Waals surface area contributed by atoms with Crippen molar-refractivity contribution in [2.45, 2.75) is 20.3 Å². The molecular formula is C13H18ClNO. The first-order valence-electron chi connectivity index (χ1n) is 5.67. The molecule has 0 bridgehead atoms. The van der Waals surface area contributed by atoms with E-state index in [1.165, 1.54) is 0 Å². The molecule has 0 aliphatic rings. The first kappa shape index (κ1) is 13.0. The highest BCUT2D eigenvalue weighted by Crippen LogP contribution is 2.09. The van der Waals surface area contributed by atoms with Crippen LogP contribution < -0.4 is 0 Å². The van der Waals surface area contributed by atoms with Gasteiger partial charge in [-0.05, 0) is 38.0 Å². The minimum absolute atomic E-state index is 0.0985. The molecule has 0 aliphatic heterocycles. The molecular weight excluding hydrogens is 222 g/mol. The molecule has 0 aromatic heterocycles. The van der Waals surface area contributed by atoms with Crippen molar-refractivity contribution >= 4 is 17.5 Å². The van der Waals surface area contributed by atoms with Crippen LogP contribution in [0.2, 0.25) is 0 Å². The van der Waals surface area contributed by atoms with E-state index in [0.717, 1.165) is 30.6 Å². The molecule has 0 heterocycles. The van der Waals surface area contributed by atoms with E-state index in [1.807, 2.05) is 43.0 Å². The van der Waals surface area contributed by atoms with Gasteiger partial charge in [-0.25, -0.2) is 0 Å². The topological polar surface area (TPSA) is 20.3 Å². The summed E-state index contributed by atoms with van der Waals surface area (Å²) in [6.07, 6.45) is 0.806. The van der Waals surface area contributed by atoms with Crippen LogP contribution in [0, 0.1) is 0 Å². The van der Waals surface area contributed by atoms with E-state index < -0.39 is 0 Å². The maximum absolute atomic E-state index is 12.1. The molecule has 0 aliphatic carbocycles. The highest BCUT2D eigenvalue weighted by molar-refractivity contribution is 6.18. The summed E-state index contributed by atoms with van der Waals surface area (Å²) >= 11 is 5.69. The summed E-state index contributed by atoms with van der Waals surface area (Å²) in [5, 5.41) is 0. The van der Waals surface area contributed by atoms with E-state index in [0.29, 0.717) is 5.88 Å². The number of hydrogen-bond acceptors (Lipinski definition) is 1. The smallest absolute Gasteiger partial charge is 0.253 e. The molecule has 0 fully saturated rings. The Morgan fingerprint density at radius 3 is 2.56 bits per heavy atom. The van der Waals surface area contributed by atoms with Gasteiger partial charge in [0.1, 0.15) is 0 Å². The summed E-state index contributed by atoms with van der Waals surface area (Å²) < 4.78 is 0. The lowest BCUT2D eigenvalue weighted by Gasteiger charge is -2.18. The number of rotatable bonds is 5. The Hall–Kier alpha value is -1.02. The van der Waals surface area contributed by atoms with Gasteiger partial charge in [-0.2, -0.15) is 0 Å². The number of carbonyl (C=O) groups is 1. The highest BCUT2D eigenvalue weighted by Gasteiger charge is 2.12. The Morgan fingerprint density at radius 2 is 2.00 bits per heavy atom. The first-order valence-corrected chi connectivity index (χ1v) is 6.20. The summed E-state index contributed by atoms with van der Waals surface area (Å²) in [5.41, 5.74) is 1.87. The number of nitrogens with zero attached hydrogens (tertiary/aromatic N) is 1. The van der Waals surface area contributed by atoms with Gasteiger partial charge in [0, 0.05) is 24.5 Å². The summed E-state index contributed by atoms with van der Waals surface area (Å²) in [7, 11) is 0. The lowest BCUT2D eigenvalue weighted by Crippen LogP contribution is -2.30. The molecule has 3 heteroatoms. The van der Waals surface area contributed by atoms with Gasteiger partial charge in [0.25, 0.3) is 5.91 Å². The molecule has 0 spiro atoms. The predicted molar refractivity (Wildman–Crippen MR) is 68.1 cm³/mol. The monoisotopic (exact) mass is 239 g/mol. The summed E-state index contributed by atoms with van der Waals surface area (Å²) in [6.45, 7) is 5.47. The molecule has 0 radical (unpaired) electrons. The average Bonchev–Trinajstić information content (AvgIpc) is 2.31. The molecule has 0 atom stereocenters. The molecule has 0 saturated carbocycles. The summed E-state index contributed by atoms with van der Waals surface area (Å²) in [6, 6.07) is 7.71. The Kier molecular flexibility index (Phi) is 5.33. The quantitative estimate of drug-likeness (QED) is 0.724. The van der Waals surface area contributed by atoms with Crippen LogP contribution >= 0.6 is 11.6 Å². The fourth-order valence-electron chi connectivity index (χ4n) is 1.66. The van der Waals surface area contributed by atoms with E-state index >= 15 is 0 Å². The predicted octanol–water partition coefficient (Wildman–Crippen LogP) is 2.95. The number of carbonyl (C=O) groups excluding carboxylic acids is 1.